The molecule has 0 bridgehead atoms. The summed E-state index contributed by atoms with van der Waals surface area (Å²) in [6.45, 7) is 1.42. The molecule has 3 rings (SSSR count). The van der Waals surface area contributed by atoms with Crippen molar-refractivity contribution in [2.45, 2.75) is 38.6 Å². The molecule has 5 N–H and O–H groups in total. The second kappa shape index (κ2) is 12.5. The molecule has 0 radical (unpaired) electrons. The van der Waals surface area contributed by atoms with Gasteiger partial charge in [0.15, 0.2) is 12.2 Å². The van der Waals surface area contributed by atoms with Gasteiger partial charge in [-0.25, -0.2) is 17.8 Å². The number of nitrogens with two attached hydrogens (primary N) is 1. The van der Waals surface area contributed by atoms with Crippen molar-refractivity contribution in [2.24, 2.45) is 5.73 Å². The number of carbonyl (C=O) groups excluding carboxylic acids is 1. The molecule has 14 nitrogen and oxygen atoms in total. The Hall–Kier alpha value is -3.95. The lowest BCUT2D eigenvalue weighted by atomic mass is 10.2. The van der Waals surface area contributed by atoms with Crippen molar-refractivity contribution >= 4 is 27.6 Å². The zero-order valence-electron chi connectivity index (χ0n) is 21.0. The normalized spacial score (nSPS) is 15.6. The molecule has 2 aromatic rings. The fourth-order valence-corrected chi connectivity index (χ4v) is 5.06. The van der Waals surface area contributed by atoms with Gasteiger partial charge in [-0.3, -0.25) is 24.3 Å². The number of hydrogen-bond donors (Lipinski definition) is 4. The summed E-state index contributed by atoms with van der Waals surface area (Å²) in [5.74, 6) is -1.38. The van der Waals surface area contributed by atoms with Gasteiger partial charge in [0.2, 0.25) is 15.9 Å². The number of anilines is 1. The molecule has 2 heterocycles. The van der Waals surface area contributed by atoms with E-state index in [1.807, 2.05) is 0 Å². The molecule has 1 unspecified atom stereocenters. The topological polar surface area (TPSA) is 191 Å². The third-order valence-electron chi connectivity index (χ3n) is 5.47. The molecule has 1 aliphatic heterocycles. The van der Waals surface area contributed by atoms with Gasteiger partial charge in [0.25, 0.3) is 5.56 Å². The third kappa shape index (κ3) is 7.08. The average molecular weight is 550 g/mol. The molecule has 0 aliphatic carbocycles. The molecule has 1 aromatic carbocycles. The van der Waals surface area contributed by atoms with Crippen molar-refractivity contribution in [1.29, 1.82) is 5.41 Å². The van der Waals surface area contributed by atoms with Gasteiger partial charge in [-0.1, -0.05) is 36.4 Å². The van der Waals surface area contributed by atoms with Crippen molar-refractivity contribution in [2.75, 3.05) is 25.0 Å². The van der Waals surface area contributed by atoms with Crippen molar-refractivity contribution in [1.82, 2.24) is 19.4 Å². The van der Waals surface area contributed by atoms with E-state index in [2.05, 4.69) is 10.0 Å². The predicted molar refractivity (Wildman–Crippen MR) is 140 cm³/mol. The van der Waals surface area contributed by atoms with Gasteiger partial charge in [0.1, 0.15) is 19.0 Å². The second-order valence-electron chi connectivity index (χ2n) is 8.33. The molecular formula is C23H31N7O7S. The van der Waals surface area contributed by atoms with Crippen LogP contribution < -0.4 is 27.0 Å². The van der Waals surface area contributed by atoms with Crippen LogP contribution in [0.15, 0.2) is 57.9 Å². The molecule has 0 fully saturated rings. The van der Waals surface area contributed by atoms with Gasteiger partial charge in [0.05, 0.1) is 11.4 Å². The fourth-order valence-electron chi connectivity index (χ4n) is 3.88. The van der Waals surface area contributed by atoms with Crippen molar-refractivity contribution in [3.05, 3.63) is 74.7 Å². The lowest BCUT2D eigenvalue weighted by molar-refractivity contribution is -0.122. The molecule has 1 atom stereocenters. The van der Waals surface area contributed by atoms with Crippen LogP contribution in [0.25, 0.3) is 0 Å². The highest BCUT2D eigenvalue weighted by Crippen LogP contribution is 2.17. The van der Waals surface area contributed by atoms with Crippen LogP contribution in [-0.4, -0.2) is 60.8 Å². The Morgan fingerprint density at radius 3 is 2.58 bits per heavy atom. The van der Waals surface area contributed by atoms with Crippen LogP contribution in [0.4, 0.5) is 5.69 Å². The summed E-state index contributed by atoms with van der Waals surface area (Å²) in [5.41, 5.74) is 4.15. The minimum Gasteiger partial charge on any atom is -0.370 e. The summed E-state index contributed by atoms with van der Waals surface area (Å²) in [6, 6.07) is 8.35. The average Bonchev–Trinajstić information content (AvgIpc) is 2.86. The van der Waals surface area contributed by atoms with Crippen molar-refractivity contribution in [3.63, 3.8) is 0 Å². The number of rotatable bonds is 11. The van der Waals surface area contributed by atoms with E-state index < -0.39 is 51.4 Å². The van der Waals surface area contributed by atoms with Gasteiger partial charge in [-0.15, -0.1) is 0 Å². The highest BCUT2D eigenvalue weighted by atomic mass is 32.2. The van der Waals surface area contributed by atoms with Crippen molar-refractivity contribution < 1.29 is 22.7 Å². The third-order valence-corrected chi connectivity index (χ3v) is 6.72. The van der Waals surface area contributed by atoms with Crippen LogP contribution >= 0.6 is 0 Å². The maximum atomic E-state index is 13.1. The summed E-state index contributed by atoms with van der Waals surface area (Å²) >= 11 is 0. The predicted octanol–water partition coefficient (Wildman–Crippen LogP) is -0.482. The van der Waals surface area contributed by atoms with Crippen molar-refractivity contribution in [3.8, 4) is 0 Å². The molecule has 1 amide bonds. The first-order valence-electron chi connectivity index (χ1n) is 11.7. The Kier molecular flexibility index (Phi) is 9.44. The number of amides is 1. The number of methoxy groups -OCH3 is 1. The Balaban J connectivity index is 1.88. The van der Waals surface area contributed by atoms with Crippen LogP contribution in [0.2, 0.25) is 0 Å². The van der Waals surface area contributed by atoms with E-state index in [9.17, 15) is 22.8 Å². The molecule has 15 heteroatoms. The largest absolute Gasteiger partial charge is 0.370 e. The van der Waals surface area contributed by atoms with Gasteiger partial charge in [0, 0.05) is 26.5 Å². The SMILES string of the molecule is CCOC1C(NC(=O)Cn2c(=O)c(NS(=O)(=O)Cc3ccccc3)cn(COC)c2=O)=CCCN1C(=N)N. The zero-order valence-corrected chi connectivity index (χ0v) is 21.9. The number of nitrogens with one attached hydrogen (secondary N) is 3. The fraction of sp³-hybridized carbons (Fsp3) is 0.391. The molecule has 1 aromatic heterocycles. The minimum atomic E-state index is -4.03. The Bertz CT molecular complexity index is 1420. The minimum absolute atomic E-state index is 0.238. The standard InChI is InChI=1S/C23H31N7O7S/c1-3-37-21-17(10-7-11-29(21)22(24)25)26-19(31)13-30-20(32)18(12-28(15-36-2)23(30)33)27-38(34,35)14-16-8-5-4-6-9-16/h4-6,8-10,12,21,27H,3,7,11,13-15H2,1-2H3,(H3,24,25)(H,26,31). The van der Waals surface area contributed by atoms with Gasteiger partial charge >= 0.3 is 5.69 Å². The molecule has 0 spiro atoms. The number of aromatic nitrogens is 2. The van der Waals surface area contributed by atoms with Crippen LogP contribution in [0, 0.1) is 5.41 Å². The number of ether oxygens (including phenoxy) is 2. The Morgan fingerprint density at radius 2 is 1.95 bits per heavy atom. The van der Waals surface area contributed by atoms with Gasteiger partial charge in [-0.05, 0) is 18.9 Å². The van der Waals surface area contributed by atoms with E-state index in [1.165, 1.54) is 12.0 Å². The lowest BCUT2D eigenvalue weighted by Crippen LogP contribution is -2.52. The number of carbonyl (C=O) groups is 1. The first-order chi connectivity index (χ1) is 18.1. The Morgan fingerprint density at radius 1 is 1.24 bits per heavy atom. The number of guanidine groups is 1. The summed E-state index contributed by atoms with van der Waals surface area (Å²) in [5, 5.41) is 10.4. The highest BCUT2D eigenvalue weighted by Gasteiger charge is 2.29. The zero-order chi connectivity index (χ0) is 27.9. The first kappa shape index (κ1) is 28.6. The lowest BCUT2D eigenvalue weighted by Gasteiger charge is -2.36. The number of benzene rings is 1. The summed E-state index contributed by atoms with van der Waals surface area (Å²) < 4.78 is 39.9. The monoisotopic (exact) mass is 549 g/mol. The first-order valence-corrected chi connectivity index (χ1v) is 13.3. The van der Waals surface area contributed by atoms with E-state index in [-0.39, 0.29) is 19.3 Å². The maximum absolute atomic E-state index is 13.1. The van der Waals surface area contributed by atoms with E-state index in [0.29, 0.717) is 28.8 Å². The van der Waals surface area contributed by atoms with E-state index >= 15 is 0 Å². The number of hydrogen-bond acceptors (Lipinski definition) is 8. The quantitative estimate of drug-likeness (QED) is 0.212. The van der Waals surface area contributed by atoms with E-state index in [4.69, 9.17) is 20.6 Å². The highest BCUT2D eigenvalue weighted by molar-refractivity contribution is 7.91. The number of sulfonamides is 1. The molecule has 206 valence electrons. The molecule has 38 heavy (non-hydrogen) atoms. The second-order valence-corrected chi connectivity index (χ2v) is 10.1. The van der Waals surface area contributed by atoms with E-state index in [1.54, 1.807) is 43.3 Å². The number of nitrogens with zero attached hydrogens (tertiary/aromatic N) is 3. The Labute approximate surface area is 219 Å². The van der Waals surface area contributed by atoms with Gasteiger partial charge < -0.3 is 25.4 Å². The smallest absolute Gasteiger partial charge is 0.333 e. The van der Waals surface area contributed by atoms with Crippen LogP contribution in [0.3, 0.4) is 0 Å². The molecule has 0 saturated carbocycles. The van der Waals surface area contributed by atoms with Crippen LogP contribution in [-0.2, 0) is 43.3 Å². The summed E-state index contributed by atoms with van der Waals surface area (Å²) in [4.78, 5) is 40.4. The molecule has 0 saturated heterocycles. The molecule has 1 aliphatic rings. The summed E-state index contributed by atoms with van der Waals surface area (Å²) in [6.07, 6.45) is 2.38. The van der Waals surface area contributed by atoms with Gasteiger partial charge in [-0.2, -0.15) is 0 Å². The molecular weight excluding hydrogens is 518 g/mol. The summed E-state index contributed by atoms with van der Waals surface area (Å²) in [7, 11) is -2.72. The van der Waals surface area contributed by atoms with Crippen LogP contribution in [0.5, 0.6) is 0 Å². The maximum Gasteiger partial charge on any atom is 0.333 e. The van der Waals surface area contributed by atoms with E-state index in [0.717, 1.165) is 10.8 Å². The van der Waals surface area contributed by atoms with Crippen LogP contribution in [0.1, 0.15) is 18.9 Å².